The Kier molecular flexibility index (Phi) is 10.9. The molecule has 0 amide bonds. The fraction of sp³-hybridized carbons (Fsp3) is 1.00. The molecule has 0 bridgehead atoms. The van der Waals surface area contributed by atoms with Crippen LogP contribution in [0.15, 0.2) is 0 Å². The van der Waals surface area contributed by atoms with Crippen LogP contribution in [0.1, 0.15) is 105 Å². The Hall–Kier alpha value is 0. The van der Waals surface area contributed by atoms with Gasteiger partial charge in [-0.3, -0.25) is 0 Å². The van der Waals surface area contributed by atoms with Crippen LogP contribution in [0.2, 0.25) is 0 Å². The molecule has 18 heavy (non-hydrogen) atoms. The van der Waals surface area contributed by atoms with E-state index in [0.717, 1.165) is 5.92 Å². The fourth-order valence-electron chi connectivity index (χ4n) is 3.80. The second-order valence-corrected chi connectivity index (χ2v) is 6.10. The molecular weight excluding hydrogens is 216 g/mol. The highest BCUT2D eigenvalue weighted by Gasteiger charge is 2.32. The van der Waals surface area contributed by atoms with Crippen LogP contribution in [-0.2, 0) is 0 Å². The van der Waals surface area contributed by atoms with Crippen molar-refractivity contribution in [3.05, 3.63) is 0 Å². The maximum atomic E-state index is 2.42. The van der Waals surface area contributed by atoms with Crippen LogP contribution < -0.4 is 0 Å². The van der Waals surface area contributed by atoms with Gasteiger partial charge in [0.25, 0.3) is 0 Å². The molecule has 0 atom stereocenters. The van der Waals surface area contributed by atoms with E-state index in [4.69, 9.17) is 0 Å². The van der Waals surface area contributed by atoms with Crippen LogP contribution in [0.25, 0.3) is 0 Å². The average molecular weight is 255 g/mol. The predicted octanol–water partition coefficient (Wildman–Crippen LogP) is 6.98. The van der Waals surface area contributed by atoms with Gasteiger partial charge in [0, 0.05) is 0 Å². The van der Waals surface area contributed by atoms with E-state index in [2.05, 4.69) is 34.6 Å². The Morgan fingerprint density at radius 1 is 0.667 bits per heavy atom. The third-order valence-electron chi connectivity index (χ3n) is 5.29. The second kappa shape index (κ2) is 10.9. The summed E-state index contributed by atoms with van der Waals surface area (Å²) in [5.74, 6) is 0.947. The molecular formula is C18H38. The van der Waals surface area contributed by atoms with E-state index in [0.29, 0.717) is 5.41 Å². The van der Waals surface area contributed by atoms with Crippen molar-refractivity contribution in [1.29, 1.82) is 0 Å². The Balaban J connectivity index is 4.10. The van der Waals surface area contributed by atoms with Crippen molar-refractivity contribution in [2.45, 2.75) is 105 Å². The molecule has 0 heterocycles. The summed E-state index contributed by atoms with van der Waals surface area (Å²) in [5.41, 5.74) is 0.647. The van der Waals surface area contributed by atoms with Crippen molar-refractivity contribution < 1.29 is 0 Å². The molecule has 0 aliphatic heterocycles. The predicted molar refractivity (Wildman–Crippen MR) is 85.1 cm³/mol. The standard InChI is InChI=1S/C18H38/c1-6-11-12-13-14-15-16-18(9-4,10-5)17(7-2)8-3/h17H,6-16H2,1-5H3. The zero-order chi connectivity index (χ0) is 13.9. The van der Waals surface area contributed by atoms with Crippen LogP contribution in [-0.4, -0.2) is 0 Å². The molecule has 0 aromatic heterocycles. The molecule has 0 radical (unpaired) electrons. The van der Waals surface area contributed by atoms with E-state index < -0.39 is 0 Å². The number of unbranched alkanes of at least 4 members (excludes halogenated alkanes) is 5. The molecule has 0 heteroatoms. The summed E-state index contributed by atoms with van der Waals surface area (Å²) in [6.45, 7) is 11.9. The van der Waals surface area contributed by atoms with Crippen molar-refractivity contribution in [1.82, 2.24) is 0 Å². The third kappa shape index (κ3) is 5.76. The first-order valence-corrected chi connectivity index (χ1v) is 8.70. The highest BCUT2D eigenvalue weighted by atomic mass is 14.4. The molecule has 0 nitrogen and oxygen atoms in total. The highest BCUT2D eigenvalue weighted by Crippen LogP contribution is 2.43. The summed E-state index contributed by atoms with van der Waals surface area (Å²) in [6.07, 6.45) is 15.6. The van der Waals surface area contributed by atoms with Gasteiger partial charge < -0.3 is 0 Å². The van der Waals surface area contributed by atoms with Crippen LogP contribution in [0.3, 0.4) is 0 Å². The van der Waals surface area contributed by atoms with Crippen molar-refractivity contribution in [2.75, 3.05) is 0 Å². The molecule has 0 saturated heterocycles. The second-order valence-electron chi connectivity index (χ2n) is 6.10. The molecule has 0 rings (SSSR count). The minimum atomic E-state index is 0.647. The maximum absolute atomic E-state index is 2.42. The van der Waals surface area contributed by atoms with Gasteiger partial charge in [0.05, 0.1) is 0 Å². The van der Waals surface area contributed by atoms with Gasteiger partial charge in [0.15, 0.2) is 0 Å². The lowest BCUT2D eigenvalue weighted by Crippen LogP contribution is -2.29. The van der Waals surface area contributed by atoms with Crippen LogP contribution in [0.5, 0.6) is 0 Å². The molecule has 0 aromatic rings. The van der Waals surface area contributed by atoms with E-state index in [9.17, 15) is 0 Å². The van der Waals surface area contributed by atoms with E-state index in [1.165, 1.54) is 70.6 Å². The normalized spacial score (nSPS) is 12.3. The fourth-order valence-corrected chi connectivity index (χ4v) is 3.80. The summed E-state index contributed by atoms with van der Waals surface area (Å²) in [7, 11) is 0. The smallest absolute Gasteiger partial charge is 0.0275 e. The maximum Gasteiger partial charge on any atom is -0.0275 e. The molecule has 0 fully saturated rings. The first kappa shape index (κ1) is 18.0. The van der Waals surface area contributed by atoms with Gasteiger partial charge in [-0.25, -0.2) is 0 Å². The summed E-state index contributed by atoms with van der Waals surface area (Å²) >= 11 is 0. The molecule has 0 aliphatic rings. The molecule has 0 saturated carbocycles. The number of rotatable bonds is 12. The lowest BCUT2D eigenvalue weighted by atomic mass is 9.66. The van der Waals surface area contributed by atoms with Gasteiger partial charge in [0.2, 0.25) is 0 Å². The molecule has 0 unspecified atom stereocenters. The van der Waals surface area contributed by atoms with Gasteiger partial charge in [-0.2, -0.15) is 0 Å². The number of hydrogen-bond acceptors (Lipinski definition) is 0. The Bertz CT molecular complexity index is 163. The van der Waals surface area contributed by atoms with E-state index in [1.807, 2.05) is 0 Å². The SMILES string of the molecule is CCCCCCCCC(CC)(CC)C(CC)CC. The van der Waals surface area contributed by atoms with E-state index in [1.54, 1.807) is 0 Å². The quantitative estimate of drug-likeness (QED) is 0.329. The van der Waals surface area contributed by atoms with Crippen molar-refractivity contribution >= 4 is 0 Å². The minimum absolute atomic E-state index is 0.647. The minimum Gasteiger partial charge on any atom is -0.0654 e. The summed E-state index contributed by atoms with van der Waals surface area (Å²) in [4.78, 5) is 0. The Labute approximate surface area is 117 Å². The zero-order valence-corrected chi connectivity index (χ0v) is 13.9. The van der Waals surface area contributed by atoms with Gasteiger partial charge in [-0.1, -0.05) is 98.8 Å². The average Bonchev–Trinajstić information content (AvgIpc) is 2.41. The lowest BCUT2D eigenvalue weighted by molar-refractivity contribution is 0.114. The Morgan fingerprint density at radius 2 is 1.17 bits per heavy atom. The number of hydrogen-bond donors (Lipinski definition) is 0. The van der Waals surface area contributed by atoms with E-state index in [-0.39, 0.29) is 0 Å². The summed E-state index contributed by atoms with van der Waals surface area (Å²) in [5, 5.41) is 0. The molecule has 0 aliphatic carbocycles. The van der Waals surface area contributed by atoms with Crippen molar-refractivity contribution in [2.24, 2.45) is 11.3 Å². The molecule has 0 spiro atoms. The van der Waals surface area contributed by atoms with Crippen LogP contribution in [0.4, 0.5) is 0 Å². The largest absolute Gasteiger partial charge is 0.0654 e. The van der Waals surface area contributed by atoms with Crippen LogP contribution in [0, 0.1) is 11.3 Å². The first-order chi connectivity index (χ1) is 8.70. The van der Waals surface area contributed by atoms with Gasteiger partial charge in [-0.15, -0.1) is 0 Å². The summed E-state index contributed by atoms with van der Waals surface area (Å²) in [6, 6.07) is 0. The van der Waals surface area contributed by atoms with Gasteiger partial charge in [0.1, 0.15) is 0 Å². The van der Waals surface area contributed by atoms with Crippen LogP contribution >= 0.6 is 0 Å². The zero-order valence-electron chi connectivity index (χ0n) is 13.9. The first-order valence-electron chi connectivity index (χ1n) is 8.70. The van der Waals surface area contributed by atoms with Gasteiger partial charge in [-0.05, 0) is 17.8 Å². The monoisotopic (exact) mass is 254 g/mol. The van der Waals surface area contributed by atoms with Crippen molar-refractivity contribution in [3.63, 3.8) is 0 Å². The molecule has 0 aromatic carbocycles. The molecule has 110 valence electrons. The Morgan fingerprint density at radius 3 is 1.61 bits per heavy atom. The van der Waals surface area contributed by atoms with Crippen molar-refractivity contribution in [3.8, 4) is 0 Å². The van der Waals surface area contributed by atoms with E-state index >= 15 is 0 Å². The summed E-state index contributed by atoms with van der Waals surface area (Å²) < 4.78 is 0. The van der Waals surface area contributed by atoms with Gasteiger partial charge >= 0.3 is 0 Å². The third-order valence-corrected chi connectivity index (χ3v) is 5.29. The highest BCUT2D eigenvalue weighted by molar-refractivity contribution is 4.83. The lowest BCUT2D eigenvalue weighted by Gasteiger charge is -2.39. The molecule has 0 N–H and O–H groups in total. The topological polar surface area (TPSA) is 0 Å².